The number of hydrogen-bond donors (Lipinski definition) is 3. The molecule has 0 aliphatic carbocycles. The molecule has 0 aromatic heterocycles. The van der Waals surface area contributed by atoms with Crippen LogP contribution in [0.4, 0.5) is 18.9 Å². The molecule has 1 atom stereocenters. The summed E-state index contributed by atoms with van der Waals surface area (Å²) in [5, 5.41) is 8.56. The second-order valence-corrected chi connectivity index (χ2v) is 7.54. The van der Waals surface area contributed by atoms with Crippen LogP contribution in [-0.2, 0) is 19.6 Å². The second kappa shape index (κ2) is 8.71. The first kappa shape index (κ1) is 23.2. The van der Waals surface area contributed by atoms with Gasteiger partial charge in [0.1, 0.15) is 0 Å². The van der Waals surface area contributed by atoms with E-state index in [1.165, 1.54) is 31.2 Å². The minimum Gasteiger partial charge on any atom is -0.463 e. The van der Waals surface area contributed by atoms with Gasteiger partial charge in [0.2, 0.25) is 10.0 Å². The number of carbonyl (C=O) groups is 2. The predicted molar refractivity (Wildman–Crippen MR) is 101 cm³/mol. The first-order valence-corrected chi connectivity index (χ1v) is 9.98. The number of nitrogens with two attached hydrogens (primary N) is 1. The summed E-state index contributed by atoms with van der Waals surface area (Å²) in [7, 11) is -4.08. The van der Waals surface area contributed by atoms with Crippen molar-refractivity contribution in [3.63, 3.8) is 0 Å². The van der Waals surface area contributed by atoms with E-state index in [1.807, 2.05) is 5.32 Å². The molecular formula is C18H18F3N3O5S. The summed E-state index contributed by atoms with van der Waals surface area (Å²) in [5.74, 6) is -2.98. The van der Waals surface area contributed by atoms with E-state index in [1.54, 1.807) is 11.4 Å². The van der Waals surface area contributed by atoms with Crippen molar-refractivity contribution >= 4 is 27.6 Å². The van der Waals surface area contributed by atoms with Crippen molar-refractivity contribution in [3.05, 3.63) is 60.2 Å². The molecule has 0 unspecified atom stereocenters. The second-order valence-electron chi connectivity index (χ2n) is 5.98. The lowest BCUT2D eigenvalue weighted by atomic mass is 10.1. The molecule has 162 valence electrons. The van der Waals surface area contributed by atoms with Crippen molar-refractivity contribution in [2.24, 2.45) is 5.14 Å². The van der Waals surface area contributed by atoms with Gasteiger partial charge in [0.15, 0.2) is 0 Å². The Kier molecular flexibility index (Phi) is 6.73. The minimum atomic E-state index is -5.33. The first-order chi connectivity index (χ1) is 13.9. The van der Waals surface area contributed by atoms with Crippen molar-refractivity contribution in [1.82, 2.24) is 5.32 Å². The van der Waals surface area contributed by atoms with Crippen LogP contribution in [0, 0.1) is 0 Å². The van der Waals surface area contributed by atoms with E-state index in [0.717, 1.165) is 24.3 Å². The van der Waals surface area contributed by atoms with Crippen LogP contribution in [0.2, 0.25) is 0 Å². The summed E-state index contributed by atoms with van der Waals surface area (Å²) < 4.78 is 69.5. The zero-order valence-electron chi connectivity index (χ0n) is 15.6. The lowest BCUT2D eigenvalue weighted by Crippen LogP contribution is -2.69. The smallest absolute Gasteiger partial charge is 0.441 e. The van der Waals surface area contributed by atoms with Crippen molar-refractivity contribution in [2.75, 3.05) is 11.9 Å². The summed E-state index contributed by atoms with van der Waals surface area (Å²) in [6, 6.07) is 10.8. The SMILES string of the molecule is CCOC(=O)[C@@](NC(=O)c1ccccc1)(Nc1ccc(S(N)(=O)=O)cc1)C(F)(F)F. The van der Waals surface area contributed by atoms with Gasteiger partial charge in [0.25, 0.3) is 5.91 Å². The Bertz CT molecular complexity index is 1010. The Hall–Kier alpha value is -3.12. The van der Waals surface area contributed by atoms with Crippen LogP contribution < -0.4 is 15.8 Å². The average molecular weight is 445 g/mol. The molecule has 2 aromatic carbocycles. The molecule has 0 saturated heterocycles. The Morgan fingerprint density at radius 3 is 2.07 bits per heavy atom. The lowest BCUT2D eigenvalue weighted by Gasteiger charge is -2.35. The van der Waals surface area contributed by atoms with Crippen molar-refractivity contribution < 1.29 is 35.9 Å². The maximum Gasteiger partial charge on any atom is 0.441 e. The van der Waals surface area contributed by atoms with Crippen LogP contribution in [0.15, 0.2) is 59.5 Å². The third-order valence-electron chi connectivity index (χ3n) is 3.86. The molecule has 0 aliphatic heterocycles. The molecule has 8 nitrogen and oxygen atoms in total. The van der Waals surface area contributed by atoms with E-state index >= 15 is 0 Å². The number of esters is 1. The fourth-order valence-corrected chi connectivity index (χ4v) is 2.92. The summed E-state index contributed by atoms with van der Waals surface area (Å²) in [5.41, 5.74) is -4.08. The number of sulfonamides is 1. The highest BCUT2D eigenvalue weighted by Gasteiger charge is 2.63. The Morgan fingerprint density at radius 2 is 1.60 bits per heavy atom. The van der Waals surface area contributed by atoms with E-state index in [-0.39, 0.29) is 22.8 Å². The van der Waals surface area contributed by atoms with E-state index in [2.05, 4.69) is 4.74 Å². The molecule has 0 spiro atoms. The topological polar surface area (TPSA) is 128 Å². The van der Waals surface area contributed by atoms with Crippen LogP contribution in [-0.4, -0.2) is 38.7 Å². The number of ether oxygens (including phenoxy) is 1. The van der Waals surface area contributed by atoms with Gasteiger partial charge in [-0.1, -0.05) is 18.2 Å². The Morgan fingerprint density at radius 1 is 1.03 bits per heavy atom. The quantitative estimate of drug-likeness (QED) is 0.442. The van der Waals surface area contributed by atoms with Crippen LogP contribution in [0.25, 0.3) is 0 Å². The summed E-state index contributed by atoms with van der Waals surface area (Å²) in [6.45, 7) is 0.920. The van der Waals surface area contributed by atoms with Crippen molar-refractivity contribution in [3.8, 4) is 0 Å². The highest BCUT2D eigenvalue weighted by atomic mass is 32.2. The Labute approximate surface area is 170 Å². The van der Waals surface area contributed by atoms with Gasteiger partial charge in [-0.2, -0.15) is 13.2 Å². The zero-order chi connectivity index (χ0) is 22.6. The number of anilines is 1. The van der Waals surface area contributed by atoms with Gasteiger partial charge in [-0.15, -0.1) is 0 Å². The molecule has 0 fully saturated rings. The highest BCUT2D eigenvalue weighted by Crippen LogP contribution is 2.33. The highest BCUT2D eigenvalue weighted by molar-refractivity contribution is 7.89. The number of alkyl halides is 3. The monoisotopic (exact) mass is 445 g/mol. The molecule has 0 heterocycles. The molecule has 0 aliphatic rings. The maximum atomic E-state index is 14.1. The summed E-state index contributed by atoms with van der Waals surface area (Å²) >= 11 is 0. The largest absolute Gasteiger partial charge is 0.463 e. The van der Waals surface area contributed by atoms with Crippen LogP contribution in [0.5, 0.6) is 0 Å². The van der Waals surface area contributed by atoms with Crippen LogP contribution in [0.3, 0.4) is 0 Å². The number of benzene rings is 2. The first-order valence-electron chi connectivity index (χ1n) is 8.43. The molecule has 4 N–H and O–H groups in total. The van der Waals surface area contributed by atoms with E-state index in [0.29, 0.717) is 0 Å². The van der Waals surface area contributed by atoms with Gasteiger partial charge in [-0.3, -0.25) is 4.79 Å². The normalized spacial score (nSPS) is 13.8. The number of hydrogen-bond acceptors (Lipinski definition) is 6. The predicted octanol–water partition coefficient (Wildman–Crippen LogP) is 2.00. The zero-order valence-corrected chi connectivity index (χ0v) is 16.4. The molecule has 1 amide bonds. The number of amides is 1. The fourth-order valence-electron chi connectivity index (χ4n) is 2.41. The Balaban J connectivity index is 2.51. The molecule has 12 heteroatoms. The van der Waals surface area contributed by atoms with Crippen molar-refractivity contribution in [2.45, 2.75) is 23.7 Å². The fraction of sp³-hybridized carbons (Fsp3) is 0.222. The van der Waals surface area contributed by atoms with Gasteiger partial charge in [0.05, 0.1) is 11.5 Å². The minimum absolute atomic E-state index is 0.123. The number of rotatable bonds is 7. The summed E-state index contributed by atoms with van der Waals surface area (Å²) in [4.78, 5) is 24.5. The standard InChI is InChI=1S/C18H18F3N3O5S/c1-2-29-16(26)17(18(19,20)21,24-15(25)12-6-4-3-5-7-12)23-13-8-10-14(11-9-13)30(22,27)28/h3-11,23H,2H2,1H3,(H,24,25)(H2,22,27,28)/t17-/m0/s1. The molecule has 2 aromatic rings. The van der Waals surface area contributed by atoms with Gasteiger partial charge < -0.3 is 15.4 Å². The molecule has 30 heavy (non-hydrogen) atoms. The number of nitrogens with one attached hydrogen (secondary N) is 2. The van der Waals surface area contributed by atoms with Gasteiger partial charge in [0, 0.05) is 11.3 Å². The van der Waals surface area contributed by atoms with Gasteiger partial charge in [-0.05, 0) is 43.3 Å². The molecule has 0 radical (unpaired) electrons. The third kappa shape index (κ3) is 5.07. The van der Waals surface area contributed by atoms with Gasteiger partial charge in [-0.25, -0.2) is 18.4 Å². The average Bonchev–Trinajstić information content (AvgIpc) is 2.67. The molecule has 2 rings (SSSR count). The number of halogens is 3. The maximum absolute atomic E-state index is 14.1. The third-order valence-corrected chi connectivity index (χ3v) is 4.79. The number of primary sulfonamides is 1. The molecular weight excluding hydrogens is 427 g/mol. The number of carbonyl (C=O) groups excluding carboxylic acids is 2. The summed E-state index contributed by atoms with van der Waals surface area (Å²) in [6.07, 6.45) is -5.33. The van der Waals surface area contributed by atoms with Crippen LogP contribution in [0.1, 0.15) is 17.3 Å². The van der Waals surface area contributed by atoms with E-state index in [4.69, 9.17) is 5.14 Å². The van der Waals surface area contributed by atoms with E-state index < -0.39 is 33.7 Å². The lowest BCUT2D eigenvalue weighted by molar-refractivity contribution is -0.204. The molecule has 0 bridgehead atoms. The molecule has 0 saturated carbocycles. The van der Waals surface area contributed by atoms with Crippen molar-refractivity contribution in [1.29, 1.82) is 0 Å². The van der Waals surface area contributed by atoms with Gasteiger partial charge >= 0.3 is 17.8 Å². The van der Waals surface area contributed by atoms with Crippen LogP contribution >= 0.6 is 0 Å². The van der Waals surface area contributed by atoms with E-state index in [9.17, 15) is 31.2 Å².